The molecule has 0 spiro atoms. The first-order valence-electron chi connectivity index (χ1n) is 5.85. The van der Waals surface area contributed by atoms with Crippen molar-refractivity contribution in [2.75, 3.05) is 13.7 Å². The molecule has 0 radical (unpaired) electrons. The molecular formula is C14H18O3. The van der Waals surface area contributed by atoms with Crippen molar-refractivity contribution in [3.63, 3.8) is 0 Å². The molecule has 0 fully saturated rings. The Hall–Kier alpha value is -1.16. The number of methoxy groups -OCH3 is 1. The van der Waals surface area contributed by atoms with Gasteiger partial charge in [-0.25, -0.2) is 0 Å². The van der Waals surface area contributed by atoms with Crippen LogP contribution in [0.25, 0.3) is 0 Å². The van der Waals surface area contributed by atoms with Gasteiger partial charge in [0.15, 0.2) is 6.29 Å². The second-order valence-electron chi connectivity index (χ2n) is 4.03. The van der Waals surface area contributed by atoms with Crippen LogP contribution in [0.5, 0.6) is 0 Å². The highest BCUT2D eigenvalue weighted by Crippen LogP contribution is 2.13. The van der Waals surface area contributed by atoms with E-state index in [-0.39, 0.29) is 12.4 Å². The van der Waals surface area contributed by atoms with E-state index in [0.29, 0.717) is 13.2 Å². The third-order valence-corrected chi connectivity index (χ3v) is 2.67. The van der Waals surface area contributed by atoms with Crippen molar-refractivity contribution in [2.45, 2.75) is 25.4 Å². The summed E-state index contributed by atoms with van der Waals surface area (Å²) in [4.78, 5) is 0. The van der Waals surface area contributed by atoms with Crippen molar-refractivity contribution in [1.29, 1.82) is 0 Å². The van der Waals surface area contributed by atoms with Crippen molar-refractivity contribution in [1.82, 2.24) is 0 Å². The smallest absolute Gasteiger partial charge is 0.176 e. The van der Waals surface area contributed by atoms with E-state index in [4.69, 9.17) is 14.2 Å². The molecule has 0 aromatic heterocycles. The van der Waals surface area contributed by atoms with Crippen LogP contribution in [0, 0.1) is 0 Å². The Labute approximate surface area is 102 Å². The number of rotatable bonds is 5. The van der Waals surface area contributed by atoms with Crippen LogP contribution in [0.4, 0.5) is 0 Å². The standard InChI is InChI=1S/C14H18O3/c1-15-14-9-5-8-13(17-14)11-16-10-12-6-3-2-4-7-12/h2-7,9,13-14H,8,10-11H2,1H3/t13-,14+/m0/s1. The summed E-state index contributed by atoms with van der Waals surface area (Å²) in [5, 5.41) is 0. The fourth-order valence-corrected chi connectivity index (χ4v) is 1.76. The van der Waals surface area contributed by atoms with Crippen molar-refractivity contribution in [2.24, 2.45) is 0 Å². The van der Waals surface area contributed by atoms with Gasteiger partial charge in [-0.05, 0) is 18.1 Å². The van der Waals surface area contributed by atoms with Crippen molar-refractivity contribution in [3.05, 3.63) is 48.0 Å². The first kappa shape index (κ1) is 12.3. The van der Waals surface area contributed by atoms with E-state index in [1.165, 1.54) is 5.56 Å². The van der Waals surface area contributed by atoms with Gasteiger partial charge in [0, 0.05) is 7.11 Å². The molecule has 0 saturated heterocycles. The van der Waals surface area contributed by atoms with E-state index in [1.54, 1.807) is 7.11 Å². The molecule has 1 aliphatic rings. The largest absolute Gasteiger partial charge is 0.374 e. The molecule has 0 amide bonds. The monoisotopic (exact) mass is 234 g/mol. The molecule has 0 unspecified atom stereocenters. The highest BCUT2D eigenvalue weighted by atomic mass is 16.7. The Bertz CT molecular complexity index is 348. The molecule has 0 bridgehead atoms. The predicted octanol–water partition coefficient (Wildman–Crippen LogP) is 2.52. The maximum absolute atomic E-state index is 5.64. The number of hydrogen-bond acceptors (Lipinski definition) is 3. The lowest BCUT2D eigenvalue weighted by atomic mass is 10.2. The summed E-state index contributed by atoms with van der Waals surface area (Å²) in [6, 6.07) is 10.1. The molecule has 0 saturated carbocycles. The minimum Gasteiger partial charge on any atom is -0.374 e. The Kier molecular flexibility index (Phi) is 4.74. The first-order valence-corrected chi connectivity index (χ1v) is 5.85. The molecule has 1 aromatic carbocycles. The van der Waals surface area contributed by atoms with Gasteiger partial charge in [-0.3, -0.25) is 0 Å². The minimum atomic E-state index is -0.228. The van der Waals surface area contributed by atoms with E-state index in [0.717, 1.165) is 6.42 Å². The summed E-state index contributed by atoms with van der Waals surface area (Å²) < 4.78 is 16.4. The summed E-state index contributed by atoms with van der Waals surface area (Å²) in [6.45, 7) is 1.22. The average Bonchev–Trinajstić information content (AvgIpc) is 2.40. The number of hydrogen-bond donors (Lipinski definition) is 0. The summed E-state index contributed by atoms with van der Waals surface area (Å²) in [5.41, 5.74) is 1.18. The van der Waals surface area contributed by atoms with E-state index in [2.05, 4.69) is 18.2 Å². The van der Waals surface area contributed by atoms with Crippen molar-refractivity contribution in [3.8, 4) is 0 Å². The lowest BCUT2D eigenvalue weighted by molar-refractivity contribution is -0.149. The molecule has 2 atom stereocenters. The van der Waals surface area contributed by atoms with E-state index >= 15 is 0 Å². The maximum Gasteiger partial charge on any atom is 0.176 e. The predicted molar refractivity (Wildman–Crippen MR) is 65.5 cm³/mol. The molecule has 1 heterocycles. The van der Waals surface area contributed by atoms with Crippen LogP contribution in [-0.4, -0.2) is 26.1 Å². The molecule has 92 valence electrons. The molecule has 2 rings (SSSR count). The zero-order valence-electron chi connectivity index (χ0n) is 10.0. The number of benzene rings is 1. The van der Waals surface area contributed by atoms with E-state index in [1.807, 2.05) is 24.3 Å². The molecule has 1 aromatic rings. The van der Waals surface area contributed by atoms with Crippen LogP contribution in [0.3, 0.4) is 0 Å². The van der Waals surface area contributed by atoms with Gasteiger partial charge in [0.1, 0.15) is 0 Å². The topological polar surface area (TPSA) is 27.7 Å². The summed E-state index contributed by atoms with van der Waals surface area (Å²) in [6.07, 6.45) is 4.75. The average molecular weight is 234 g/mol. The van der Waals surface area contributed by atoms with Gasteiger partial charge in [-0.2, -0.15) is 0 Å². The van der Waals surface area contributed by atoms with E-state index in [9.17, 15) is 0 Å². The van der Waals surface area contributed by atoms with Gasteiger partial charge in [0.05, 0.1) is 19.3 Å². The Morgan fingerprint density at radius 2 is 2.12 bits per heavy atom. The Morgan fingerprint density at radius 3 is 2.88 bits per heavy atom. The van der Waals surface area contributed by atoms with Gasteiger partial charge < -0.3 is 14.2 Å². The van der Waals surface area contributed by atoms with Crippen LogP contribution >= 0.6 is 0 Å². The highest BCUT2D eigenvalue weighted by molar-refractivity contribution is 5.13. The molecule has 1 aliphatic heterocycles. The fourth-order valence-electron chi connectivity index (χ4n) is 1.76. The van der Waals surface area contributed by atoms with Crippen molar-refractivity contribution < 1.29 is 14.2 Å². The SMILES string of the molecule is CO[C@H]1C=CC[C@@H](COCc2ccccc2)O1. The van der Waals surface area contributed by atoms with Gasteiger partial charge >= 0.3 is 0 Å². The van der Waals surface area contributed by atoms with Crippen LogP contribution in [0.15, 0.2) is 42.5 Å². The van der Waals surface area contributed by atoms with E-state index < -0.39 is 0 Å². The van der Waals surface area contributed by atoms with Crippen LogP contribution in [0.1, 0.15) is 12.0 Å². The van der Waals surface area contributed by atoms with Gasteiger partial charge in [-0.1, -0.05) is 36.4 Å². The third-order valence-electron chi connectivity index (χ3n) is 2.67. The second kappa shape index (κ2) is 6.55. The fraction of sp³-hybridized carbons (Fsp3) is 0.429. The first-order chi connectivity index (χ1) is 8.38. The lowest BCUT2D eigenvalue weighted by Gasteiger charge is -2.24. The lowest BCUT2D eigenvalue weighted by Crippen LogP contribution is -2.29. The summed E-state index contributed by atoms with van der Waals surface area (Å²) >= 11 is 0. The van der Waals surface area contributed by atoms with Crippen molar-refractivity contribution >= 4 is 0 Å². The Morgan fingerprint density at radius 1 is 1.29 bits per heavy atom. The zero-order valence-corrected chi connectivity index (χ0v) is 10.0. The molecule has 0 N–H and O–H groups in total. The maximum atomic E-state index is 5.64. The molecule has 17 heavy (non-hydrogen) atoms. The highest BCUT2D eigenvalue weighted by Gasteiger charge is 2.17. The van der Waals surface area contributed by atoms with Gasteiger partial charge in [0.2, 0.25) is 0 Å². The molecular weight excluding hydrogens is 216 g/mol. The third kappa shape index (κ3) is 3.97. The van der Waals surface area contributed by atoms with Gasteiger partial charge in [0.25, 0.3) is 0 Å². The molecule has 0 aliphatic carbocycles. The van der Waals surface area contributed by atoms with Gasteiger partial charge in [-0.15, -0.1) is 0 Å². The van der Waals surface area contributed by atoms with Crippen LogP contribution in [-0.2, 0) is 20.8 Å². The zero-order chi connectivity index (χ0) is 11.9. The molecule has 3 nitrogen and oxygen atoms in total. The molecule has 3 heteroatoms. The summed E-state index contributed by atoms with van der Waals surface area (Å²) in [5.74, 6) is 0. The Balaban J connectivity index is 1.71. The summed E-state index contributed by atoms with van der Waals surface area (Å²) in [7, 11) is 1.64. The minimum absolute atomic E-state index is 0.0914. The van der Waals surface area contributed by atoms with Crippen LogP contribution < -0.4 is 0 Å². The number of ether oxygens (including phenoxy) is 3. The quantitative estimate of drug-likeness (QED) is 0.733. The normalized spacial score (nSPS) is 23.8. The van der Waals surface area contributed by atoms with Crippen LogP contribution in [0.2, 0.25) is 0 Å². The second-order valence-corrected chi connectivity index (χ2v) is 4.03.